The molecule has 2 heterocycles. The number of carbonyl (C=O) groups excluding carboxylic acids is 1. The summed E-state index contributed by atoms with van der Waals surface area (Å²) in [5, 5.41) is 3.15. The van der Waals surface area contributed by atoms with Gasteiger partial charge in [0.2, 0.25) is 0 Å². The summed E-state index contributed by atoms with van der Waals surface area (Å²) < 4.78 is 0. The highest BCUT2D eigenvalue weighted by atomic mass is 16.1. The first-order valence-corrected chi connectivity index (χ1v) is 6.16. The molecule has 1 aliphatic heterocycles. The molecule has 0 atom stereocenters. The fourth-order valence-corrected chi connectivity index (χ4v) is 2.01. The molecule has 96 valence electrons. The third-order valence-electron chi connectivity index (χ3n) is 2.83. The molecule has 1 aromatic heterocycles. The lowest BCUT2D eigenvalue weighted by Gasteiger charge is -2.27. The number of hydrogen-bond donors (Lipinski definition) is 1. The zero-order chi connectivity index (χ0) is 13.0. The van der Waals surface area contributed by atoms with Gasteiger partial charge in [-0.1, -0.05) is 6.08 Å². The summed E-state index contributed by atoms with van der Waals surface area (Å²) in [6.07, 6.45) is 3.36. The Morgan fingerprint density at radius 2 is 2.39 bits per heavy atom. The second kappa shape index (κ2) is 5.62. The lowest BCUT2D eigenvalue weighted by Crippen LogP contribution is -2.36. The highest BCUT2D eigenvalue weighted by molar-refractivity contribution is 5.84. The van der Waals surface area contributed by atoms with Gasteiger partial charge in [-0.05, 0) is 13.3 Å². The summed E-state index contributed by atoms with van der Waals surface area (Å²) in [5.74, 6) is 2.58. The number of ketones is 1. The van der Waals surface area contributed by atoms with Crippen molar-refractivity contribution in [3.05, 3.63) is 24.5 Å². The zero-order valence-corrected chi connectivity index (χ0v) is 10.6. The summed E-state index contributed by atoms with van der Waals surface area (Å²) in [6.45, 7) is 7.51. The van der Waals surface area contributed by atoms with Gasteiger partial charge in [-0.2, -0.15) is 0 Å². The third-order valence-corrected chi connectivity index (χ3v) is 2.83. The number of Topliss-reactive ketones (excluding diaryl/α,β-unsaturated/α-hetero) is 1. The second-order valence-corrected chi connectivity index (χ2v) is 4.39. The lowest BCUT2D eigenvalue weighted by molar-refractivity contribution is -0.118. The first kappa shape index (κ1) is 12.5. The molecule has 1 aliphatic rings. The quantitative estimate of drug-likeness (QED) is 0.817. The second-order valence-electron chi connectivity index (χ2n) is 4.39. The number of piperidine rings is 1. The van der Waals surface area contributed by atoms with Gasteiger partial charge < -0.3 is 10.2 Å². The zero-order valence-electron chi connectivity index (χ0n) is 10.6. The number of hydrogen-bond acceptors (Lipinski definition) is 5. The molecule has 1 N–H and O–H groups in total. The molecule has 0 unspecified atom stereocenters. The molecule has 18 heavy (non-hydrogen) atoms. The maximum absolute atomic E-state index is 11.5. The SMILES string of the molecule is C=CCNc1cc(N2CCCC(=O)C2)nc(C)n1. The Morgan fingerprint density at radius 3 is 3.11 bits per heavy atom. The molecular weight excluding hydrogens is 228 g/mol. The van der Waals surface area contributed by atoms with Crippen LogP contribution in [-0.2, 0) is 4.79 Å². The van der Waals surface area contributed by atoms with Crippen LogP contribution in [-0.4, -0.2) is 35.4 Å². The van der Waals surface area contributed by atoms with Crippen molar-refractivity contribution in [1.82, 2.24) is 9.97 Å². The normalized spacial score (nSPS) is 15.6. The molecule has 0 aromatic carbocycles. The van der Waals surface area contributed by atoms with Gasteiger partial charge in [0.05, 0.1) is 6.54 Å². The van der Waals surface area contributed by atoms with Crippen molar-refractivity contribution in [2.45, 2.75) is 19.8 Å². The van der Waals surface area contributed by atoms with E-state index in [1.807, 2.05) is 17.9 Å². The number of aromatic nitrogens is 2. The maximum Gasteiger partial charge on any atom is 0.152 e. The maximum atomic E-state index is 11.5. The summed E-state index contributed by atoms with van der Waals surface area (Å²) in [7, 11) is 0. The predicted molar refractivity (Wildman–Crippen MR) is 71.9 cm³/mol. The lowest BCUT2D eigenvalue weighted by atomic mass is 10.1. The van der Waals surface area contributed by atoms with Gasteiger partial charge in [-0.15, -0.1) is 6.58 Å². The third kappa shape index (κ3) is 3.06. The van der Waals surface area contributed by atoms with Gasteiger partial charge in [0.25, 0.3) is 0 Å². The molecule has 5 heteroatoms. The number of anilines is 2. The van der Waals surface area contributed by atoms with Crippen molar-refractivity contribution in [3.8, 4) is 0 Å². The minimum Gasteiger partial charge on any atom is -0.366 e. The fraction of sp³-hybridized carbons (Fsp3) is 0.462. The van der Waals surface area contributed by atoms with Crippen LogP contribution in [0.4, 0.5) is 11.6 Å². The van der Waals surface area contributed by atoms with Crippen LogP contribution >= 0.6 is 0 Å². The number of carbonyl (C=O) groups is 1. The van der Waals surface area contributed by atoms with E-state index in [2.05, 4.69) is 21.9 Å². The number of aryl methyl sites for hydroxylation is 1. The van der Waals surface area contributed by atoms with Crippen molar-refractivity contribution in [3.63, 3.8) is 0 Å². The van der Waals surface area contributed by atoms with E-state index in [1.54, 1.807) is 6.08 Å². The Bertz CT molecular complexity index is 458. The van der Waals surface area contributed by atoms with Crippen molar-refractivity contribution in [1.29, 1.82) is 0 Å². The van der Waals surface area contributed by atoms with E-state index in [-0.39, 0.29) is 5.78 Å². The molecule has 0 aliphatic carbocycles. The van der Waals surface area contributed by atoms with Crippen LogP contribution in [0.15, 0.2) is 18.7 Å². The van der Waals surface area contributed by atoms with E-state index in [9.17, 15) is 4.79 Å². The van der Waals surface area contributed by atoms with E-state index in [0.29, 0.717) is 25.3 Å². The van der Waals surface area contributed by atoms with Crippen molar-refractivity contribution >= 4 is 17.4 Å². The Labute approximate surface area is 107 Å². The van der Waals surface area contributed by atoms with Crippen LogP contribution in [0.3, 0.4) is 0 Å². The van der Waals surface area contributed by atoms with Gasteiger partial charge in [0, 0.05) is 25.6 Å². The van der Waals surface area contributed by atoms with Crippen LogP contribution in [0.25, 0.3) is 0 Å². The van der Waals surface area contributed by atoms with Gasteiger partial charge in [-0.25, -0.2) is 9.97 Å². The molecule has 1 aromatic rings. The molecule has 0 spiro atoms. The molecule has 1 saturated heterocycles. The highest BCUT2D eigenvalue weighted by Crippen LogP contribution is 2.19. The Morgan fingerprint density at radius 1 is 1.56 bits per heavy atom. The molecule has 0 amide bonds. The van der Waals surface area contributed by atoms with Crippen LogP contribution in [0.2, 0.25) is 0 Å². The summed E-state index contributed by atoms with van der Waals surface area (Å²) in [4.78, 5) is 22.2. The molecule has 0 saturated carbocycles. The Kier molecular flexibility index (Phi) is 3.92. The van der Waals surface area contributed by atoms with Crippen LogP contribution in [0.1, 0.15) is 18.7 Å². The highest BCUT2D eigenvalue weighted by Gasteiger charge is 2.18. The minimum absolute atomic E-state index is 0.276. The van der Waals surface area contributed by atoms with E-state index in [4.69, 9.17) is 0 Å². The van der Waals surface area contributed by atoms with E-state index < -0.39 is 0 Å². The molecule has 5 nitrogen and oxygen atoms in total. The van der Waals surface area contributed by atoms with E-state index >= 15 is 0 Å². The van der Waals surface area contributed by atoms with Crippen LogP contribution in [0.5, 0.6) is 0 Å². The molecule has 1 fully saturated rings. The van der Waals surface area contributed by atoms with Gasteiger partial charge in [0.15, 0.2) is 5.78 Å². The first-order valence-electron chi connectivity index (χ1n) is 6.16. The van der Waals surface area contributed by atoms with Crippen molar-refractivity contribution in [2.75, 3.05) is 29.9 Å². The fourth-order valence-electron chi connectivity index (χ4n) is 2.01. The molecule has 0 radical (unpaired) electrons. The number of nitrogens with one attached hydrogen (secondary N) is 1. The Balaban J connectivity index is 2.18. The summed E-state index contributed by atoms with van der Waals surface area (Å²) in [5.41, 5.74) is 0. The summed E-state index contributed by atoms with van der Waals surface area (Å²) in [6, 6.07) is 1.88. The van der Waals surface area contributed by atoms with Crippen molar-refractivity contribution in [2.24, 2.45) is 0 Å². The number of nitrogens with zero attached hydrogens (tertiary/aromatic N) is 3. The molecule has 2 rings (SSSR count). The Hall–Kier alpha value is -1.91. The average Bonchev–Trinajstić information content (AvgIpc) is 2.36. The minimum atomic E-state index is 0.276. The van der Waals surface area contributed by atoms with Crippen LogP contribution in [0, 0.1) is 6.92 Å². The largest absolute Gasteiger partial charge is 0.366 e. The van der Waals surface area contributed by atoms with Gasteiger partial charge in [-0.3, -0.25) is 4.79 Å². The van der Waals surface area contributed by atoms with E-state index in [1.165, 1.54) is 0 Å². The molecular formula is C13H18N4O. The van der Waals surface area contributed by atoms with E-state index in [0.717, 1.165) is 24.6 Å². The monoisotopic (exact) mass is 246 g/mol. The average molecular weight is 246 g/mol. The smallest absolute Gasteiger partial charge is 0.152 e. The summed E-state index contributed by atoms with van der Waals surface area (Å²) >= 11 is 0. The van der Waals surface area contributed by atoms with Gasteiger partial charge >= 0.3 is 0 Å². The van der Waals surface area contributed by atoms with Crippen molar-refractivity contribution < 1.29 is 4.79 Å². The van der Waals surface area contributed by atoms with Gasteiger partial charge in [0.1, 0.15) is 17.5 Å². The standard InChI is InChI=1S/C13H18N4O/c1-3-6-14-12-8-13(16-10(2)15-12)17-7-4-5-11(18)9-17/h3,8H,1,4-7,9H2,2H3,(H,14,15,16). The predicted octanol–water partition coefficient (Wildman–Crippen LogP) is 1.55. The van der Waals surface area contributed by atoms with Crippen LogP contribution < -0.4 is 10.2 Å². The first-order chi connectivity index (χ1) is 8.69. The molecule has 0 bridgehead atoms. The number of rotatable bonds is 4. The topological polar surface area (TPSA) is 58.1 Å².